The van der Waals surface area contributed by atoms with E-state index in [2.05, 4.69) is 10.6 Å². The molecule has 7 heteroatoms. The topological polar surface area (TPSA) is 85.9 Å². The molecule has 7 nitrogen and oxygen atoms in total. The number of nitrogens with one attached hydrogen (secondary N) is 2. The van der Waals surface area contributed by atoms with Gasteiger partial charge >= 0.3 is 12.2 Å². The van der Waals surface area contributed by atoms with Crippen molar-refractivity contribution < 1.29 is 23.8 Å². The van der Waals surface area contributed by atoms with Crippen LogP contribution in [0.3, 0.4) is 0 Å². The number of hydrogen-bond acceptors (Lipinski definition) is 5. The van der Waals surface area contributed by atoms with Crippen LogP contribution in [0.4, 0.5) is 9.59 Å². The van der Waals surface area contributed by atoms with Crippen LogP contribution in [0.25, 0.3) is 0 Å². The molecular formula is C22H34N2O5. The first-order valence-electron chi connectivity index (χ1n) is 10.4. The molecule has 1 aliphatic rings. The summed E-state index contributed by atoms with van der Waals surface area (Å²) in [7, 11) is 0. The van der Waals surface area contributed by atoms with E-state index in [1.807, 2.05) is 51.1 Å². The second-order valence-electron chi connectivity index (χ2n) is 8.33. The Labute approximate surface area is 173 Å². The molecule has 0 radical (unpaired) electrons. The second-order valence-corrected chi connectivity index (χ2v) is 8.33. The predicted molar refractivity (Wildman–Crippen MR) is 111 cm³/mol. The van der Waals surface area contributed by atoms with E-state index in [-0.39, 0.29) is 24.8 Å². The summed E-state index contributed by atoms with van der Waals surface area (Å²) in [6.45, 7) is 6.91. The fourth-order valence-electron chi connectivity index (χ4n) is 3.13. The Balaban J connectivity index is 1.50. The Morgan fingerprint density at radius 1 is 1.03 bits per heavy atom. The van der Waals surface area contributed by atoms with Crippen LogP contribution in [0.1, 0.15) is 58.4 Å². The van der Waals surface area contributed by atoms with Crippen LogP contribution in [0.15, 0.2) is 30.3 Å². The molecule has 0 bridgehead atoms. The van der Waals surface area contributed by atoms with E-state index in [9.17, 15) is 9.59 Å². The van der Waals surface area contributed by atoms with Crippen molar-refractivity contribution >= 4 is 12.2 Å². The van der Waals surface area contributed by atoms with Gasteiger partial charge in [0.25, 0.3) is 0 Å². The van der Waals surface area contributed by atoms with Crippen molar-refractivity contribution in [1.29, 1.82) is 0 Å². The van der Waals surface area contributed by atoms with Gasteiger partial charge < -0.3 is 24.8 Å². The molecule has 0 aliphatic heterocycles. The van der Waals surface area contributed by atoms with Crippen LogP contribution in [0, 0.1) is 0 Å². The maximum atomic E-state index is 11.9. The predicted octanol–water partition coefficient (Wildman–Crippen LogP) is 4.16. The van der Waals surface area contributed by atoms with E-state index in [1.165, 1.54) is 0 Å². The highest BCUT2D eigenvalue weighted by molar-refractivity contribution is 5.67. The molecule has 1 aliphatic carbocycles. The molecule has 1 aromatic rings. The average Bonchev–Trinajstić information content (AvgIpc) is 2.67. The van der Waals surface area contributed by atoms with Gasteiger partial charge in [-0.05, 0) is 58.4 Å². The van der Waals surface area contributed by atoms with Crippen molar-refractivity contribution in [1.82, 2.24) is 10.6 Å². The molecule has 2 N–H and O–H groups in total. The van der Waals surface area contributed by atoms with Gasteiger partial charge in [-0.2, -0.15) is 0 Å². The molecule has 0 aromatic heterocycles. The molecule has 0 saturated heterocycles. The number of rotatable bonds is 8. The van der Waals surface area contributed by atoms with Gasteiger partial charge in [0.1, 0.15) is 12.2 Å². The molecule has 0 unspecified atom stereocenters. The van der Waals surface area contributed by atoms with E-state index in [0.717, 1.165) is 37.7 Å². The first-order valence-corrected chi connectivity index (χ1v) is 10.4. The van der Waals surface area contributed by atoms with Gasteiger partial charge in [0.05, 0.1) is 6.10 Å². The van der Waals surface area contributed by atoms with Crippen molar-refractivity contribution in [3.8, 4) is 0 Å². The molecule has 0 heterocycles. The van der Waals surface area contributed by atoms with E-state index in [1.54, 1.807) is 0 Å². The van der Waals surface area contributed by atoms with Crippen LogP contribution in [0.5, 0.6) is 0 Å². The zero-order valence-corrected chi connectivity index (χ0v) is 17.7. The minimum absolute atomic E-state index is 0.131. The Morgan fingerprint density at radius 3 is 2.38 bits per heavy atom. The van der Waals surface area contributed by atoms with Crippen molar-refractivity contribution in [2.75, 3.05) is 13.2 Å². The standard InChI is InChI=1S/C22H34N2O5/c1-22(2,3)29-20(25)23-14-7-15-27-19-12-10-18(11-13-19)24-21(26)28-16-17-8-5-4-6-9-17/h4-6,8-9,18-19H,7,10-16H2,1-3H3,(H,23,25)(H,24,26). The number of benzene rings is 1. The summed E-state index contributed by atoms with van der Waals surface area (Å²) in [6.07, 6.45) is 3.74. The van der Waals surface area contributed by atoms with Crippen molar-refractivity contribution in [3.63, 3.8) is 0 Å². The monoisotopic (exact) mass is 406 g/mol. The van der Waals surface area contributed by atoms with Gasteiger partial charge in [-0.25, -0.2) is 9.59 Å². The van der Waals surface area contributed by atoms with E-state index < -0.39 is 11.7 Å². The lowest BCUT2D eigenvalue weighted by atomic mass is 9.93. The minimum atomic E-state index is -0.485. The van der Waals surface area contributed by atoms with Crippen molar-refractivity contribution in [2.24, 2.45) is 0 Å². The first kappa shape index (κ1) is 23.0. The fourth-order valence-corrected chi connectivity index (χ4v) is 3.13. The van der Waals surface area contributed by atoms with Gasteiger partial charge in [0, 0.05) is 19.2 Å². The van der Waals surface area contributed by atoms with E-state index in [4.69, 9.17) is 14.2 Å². The van der Waals surface area contributed by atoms with Crippen LogP contribution < -0.4 is 10.6 Å². The molecule has 162 valence electrons. The van der Waals surface area contributed by atoms with Crippen LogP contribution in [-0.4, -0.2) is 43.1 Å². The summed E-state index contributed by atoms with van der Waals surface area (Å²) in [5.41, 5.74) is 0.488. The largest absolute Gasteiger partial charge is 0.445 e. The zero-order valence-electron chi connectivity index (χ0n) is 17.7. The number of hydrogen-bond donors (Lipinski definition) is 2. The van der Waals surface area contributed by atoms with Gasteiger partial charge in [-0.1, -0.05) is 30.3 Å². The Morgan fingerprint density at radius 2 is 1.72 bits per heavy atom. The average molecular weight is 407 g/mol. The van der Waals surface area contributed by atoms with Crippen LogP contribution in [-0.2, 0) is 20.8 Å². The molecule has 1 saturated carbocycles. The molecule has 1 fully saturated rings. The van der Waals surface area contributed by atoms with Gasteiger partial charge in [0.15, 0.2) is 0 Å². The lowest BCUT2D eigenvalue weighted by Crippen LogP contribution is -2.39. The van der Waals surface area contributed by atoms with Crippen molar-refractivity contribution in [2.45, 2.75) is 77.2 Å². The summed E-state index contributed by atoms with van der Waals surface area (Å²) in [4.78, 5) is 23.5. The SMILES string of the molecule is CC(C)(C)OC(=O)NCCCOC1CCC(NC(=O)OCc2ccccc2)CC1. The molecule has 2 rings (SSSR count). The highest BCUT2D eigenvalue weighted by Gasteiger charge is 2.23. The molecule has 0 spiro atoms. The molecule has 2 amide bonds. The van der Waals surface area contributed by atoms with E-state index in [0.29, 0.717) is 13.2 Å². The number of amides is 2. The third-order valence-corrected chi connectivity index (χ3v) is 4.55. The molecule has 29 heavy (non-hydrogen) atoms. The van der Waals surface area contributed by atoms with Gasteiger partial charge in [-0.3, -0.25) is 0 Å². The smallest absolute Gasteiger partial charge is 0.407 e. The second kappa shape index (κ2) is 11.7. The number of alkyl carbamates (subject to hydrolysis) is 2. The van der Waals surface area contributed by atoms with Crippen molar-refractivity contribution in [3.05, 3.63) is 35.9 Å². The molecule has 0 atom stereocenters. The summed E-state index contributed by atoms with van der Waals surface area (Å²) < 4.78 is 16.3. The Bertz CT molecular complexity index is 622. The zero-order chi connectivity index (χ0) is 21.1. The van der Waals surface area contributed by atoms with E-state index >= 15 is 0 Å². The lowest BCUT2D eigenvalue weighted by Gasteiger charge is -2.29. The lowest BCUT2D eigenvalue weighted by molar-refractivity contribution is 0.0199. The highest BCUT2D eigenvalue weighted by atomic mass is 16.6. The maximum Gasteiger partial charge on any atom is 0.407 e. The minimum Gasteiger partial charge on any atom is -0.445 e. The highest BCUT2D eigenvalue weighted by Crippen LogP contribution is 2.21. The van der Waals surface area contributed by atoms with Crippen LogP contribution in [0.2, 0.25) is 0 Å². The molecule has 1 aromatic carbocycles. The summed E-state index contributed by atoms with van der Waals surface area (Å²) >= 11 is 0. The van der Waals surface area contributed by atoms with Crippen LogP contribution >= 0.6 is 0 Å². The summed E-state index contributed by atoms with van der Waals surface area (Å²) in [6, 6.07) is 9.77. The fraction of sp³-hybridized carbons (Fsp3) is 0.636. The van der Waals surface area contributed by atoms with Gasteiger partial charge in [0.2, 0.25) is 0 Å². The third kappa shape index (κ3) is 10.2. The number of carbonyl (C=O) groups is 2. The Kier molecular flexibility index (Phi) is 9.25. The third-order valence-electron chi connectivity index (χ3n) is 4.55. The maximum absolute atomic E-state index is 11.9. The van der Waals surface area contributed by atoms with Gasteiger partial charge in [-0.15, -0.1) is 0 Å². The number of ether oxygens (including phenoxy) is 3. The number of carbonyl (C=O) groups excluding carboxylic acids is 2. The summed E-state index contributed by atoms with van der Waals surface area (Å²) in [5.74, 6) is 0. The first-order chi connectivity index (χ1) is 13.8. The Hall–Kier alpha value is -2.28. The quantitative estimate of drug-likeness (QED) is 0.633. The normalized spacial score (nSPS) is 19.3. The summed E-state index contributed by atoms with van der Waals surface area (Å²) in [5, 5.41) is 5.67. The molecular weight excluding hydrogens is 372 g/mol.